The van der Waals surface area contributed by atoms with Gasteiger partial charge in [-0.25, -0.2) is 0 Å². The minimum atomic E-state index is -0.0870. The van der Waals surface area contributed by atoms with Crippen LogP contribution in [0, 0.1) is 13.8 Å². The van der Waals surface area contributed by atoms with E-state index in [-0.39, 0.29) is 11.9 Å². The molecule has 1 unspecified atom stereocenters. The topological polar surface area (TPSA) is 55.1 Å². The number of nitrogens with two attached hydrogens (primary N) is 1. The Morgan fingerprint density at radius 3 is 2.30 bits per heavy atom. The average Bonchev–Trinajstić information content (AvgIpc) is 2.39. The second-order valence-corrected chi connectivity index (χ2v) is 5.18. The van der Waals surface area contributed by atoms with Crippen molar-refractivity contribution in [1.82, 2.24) is 0 Å². The standard InChI is InChI=1S/C17H20N2O/c1-11-4-9-16(12(2)10-11)17(20)19-15-7-5-14(6-8-15)13(3)18/h4-10,13H,18H2,1-3H3,(H,19,20). The predicted octanol–water partition coefficient (Wildman–Crippen LogP) is 3.58. The van der Waals surface area contributed by atoms with Crippen molar-refractivity contribution in [3.05, 3.63) is 64.7 Å². The first-order valence-corrected chi connectivity index (χ1v) is 6.71. The van der Waals surface area contributed by atoms with Gasteiger partial charge in [0.2, 0.25) is 0 Å². The molecule has 2 rings (SSSR count). The van der Waals surface area contributed by atoms with Crippen molar-refractivity contribution in [2.45, 2.75) is 26.8 Å². The zero-order valence-electron chi connectivity index (χ0n) is 12.1. The van der Waals surface area contributed by atoms with Crippen LogP contribution in [0.5, 0.6) is 0 Å². The first-order valence-electron chi connectivity index (χ1n) is 6.71. The number of hydrogen-bond donors (Lipinski definition) is 2. The normalized spacial score (nSPS) is 12.0. The molecule has 0 saturated heterocycles. The molecule has 0 aliphatic rings. The maximum atomic E-state index is 12.2. The highest BCUT2D eigenvalue weighted by Crippen LogP contribution is 2.16. The van der Waals surface area contributed by atoms with E-state index in [1.54, 1.807) is 0 Å². The van der Waals surface area contributed by atoms with Crippen LogP contribution in [0.2, 0.25) is 0 Å². The van der Waals surface area contributed by atoms with Gasteiger partial charge in [0.05, 0.1) is 0 Å². The number of benzene rings is 2. The molecular weight excluding hydrogens is 248 g/mol. The Labute approximate surface area is 119 Å². The van der Waals surface area contributed by atoms with Gasteiger partial charge >= 0.3 is 0 Å². The second kappa shape index (κ2) is 5.88. The predicted molar refractivity (Wildman–Crippen MR) is 82.9 cm³/mol. The summed E-state index contributed by atoms with van der Waals surface area (Å²) >= 11 is 0. The van der Waals surface area contributed by atoms with Gasteiger partial charge in [-0.2, -0.15) is 0 Å². The fourth-order valence-corrected chi connectivity index (χ4v) is 2.14. The number of nitrogens with one attached hydrogen (secondary N) is 1. The van der Waals surface area contributed by atoms with Crippen LogP contribution < -0.4 is 11.1 Å². The number of carbonyl (C=O) groups is 1. The van der Waals surface area contributed by atoms with Gasteiger partial charge in [-0.05, 0) is 50.1 Å². The van der Waals surface area contributed by atoms with E-state index in [9.17, 15) is 4.79 Å². The molecule has 0 saturated carbocycles. The lowest BCUT2D eigenvalue weighted by atomic mass is 10.0. The third kappa shape index (κ3) is 3.25. The van der Waals surface area contributed by atoms with Crippen LogP contribution >= 0.6 is 0 Å². The SMILES string of the molecule is Cc1ccc(C(=O)Nc2ccc(C(C)N)cc2)c(C)c1. The van der Waals surface area contributed by atoms with Crippen LogP contribution in [-0.2, 0) is 0 Å². The molecule has 1 amide bonds. The molecule has 0 aliphatic carbocycles. The van der Waals surface area contributed by atoms with Gasteiger partial charge in [0.25, 0.3) is 5.91 Å². The molecular formula is C17H20N2O. The molecule has 20 heavy (non-hydrogen) atoms. The Kier molecular flexibility index (Phi) is 4.20. The molecule has 0 fully saturated rings. The largest absolute Gasteiger partial charge is 0.324 e. The summed E-state index contributed by atoms with van der Waals surface area (Å²) in [5.74, 6) is -0.0870. The molecule has 0 aromatic heterocycles. The van der Waals surface area contributed by atoms with Gasteiger partial charge < -0.3 is 11.1 Å². The Morgan fingerprint density at radius 2 is 1.75 bits per heavy atom. The monoisotopic (exact) mass is 268 g/mol. The number of carbonyl (C=O) groups excluding carboxylic acids is 1. The lowest BCUT2D eigenvalue weighted by Gasteiger charge is -2.10. The molecule has 2 aromatic carbocycles. The smallest absolute Gasteiger partial charge is 0.255 e. The van der Waals surface area contributed by atoms with Crippen molar-refractivity contribution in [2.75, 3.05) is 5.32 Å². The molecule has 0 heterocycles. The van der Waals surface area contributed by atoms with E-state index in [2.05, 4.69) is 5.32 Å². The van der Waals surface area contributed by atoms with Gasteiger partial charge in [0, 0.05) is 17.3 Å². The third-order valence-electron chi connectivity index (χ3n) is 3.32. The van der Waals surface area contributed by atoms with Gasteiger partial charge in [-0.15, -0.1) is 0 Å². The van der Waals surface area contributed by atoms with Crippen LogP contribution in [0.15, 0.2) is 42.5 Å². The quantitative estimate of drug-likeness (QED) is 0.894. The first-order chi connectivity index (χ1) is 9.47. The molecule has 0 radical (unpaired) electrons. The summed E-state index contributed by atoms with van der Waals surface area (Å²) in [6.07, 6.45) is 0. The van der Waals surface area contributed by atoms with Crippen molar-refractivity contribution >= 4 is 11.6 Å². The fraction of sp³-hybridized carbons (Fsp3) is 0.235. The van der Waals surface area contributed by atoms with Crippen LogP contribution in [-0.4, -0.2) is 5.91 Å². The van der Waals surface area contributed by atoms with E-state index < -0.39 is 0 Å². The zero-order valence-corrected chi connectivity index (χ0v) is 12.1. The summed E-state index contributed by atoms with van der Waals surface area (Å²) in [5, 5.41) is 2.90. The van der Waals surface area contributed by atoms with Gasteiger partial charge in [0.15, 0.2) is 0 Å². The number of aryl methyl sites for hydroxylation is 2. The lowest BCUT2D eigenvalue weighted by Crippen LogP contribution is -2.13. The van der Waals surface area contributed by atoms with E-state index in [4.69, 9.17) is 5.73 Å². The maximum absolute atomic E-state index is 12.2. The Bertz CT molecular complexity index is 615. The average molecular weight is 268 g/mol. The fourth-order valence-electron chi connectivity index (χ4n) is 2.14. The molecule has 0 bridgehead atoms. The third-order valence-corrected chi connectivity index (χ3v) is 3.32. The Hall–Kier alpha value is -2.13. The van der Waals surface area contributed by atoms with E-state index in [1.807, 2.05) is 63.2 Å². The van der Waals surface area contributed by atoms with Crippen LogP contribution in [0.3, 0.4) is 0 Å². The van der Waals surface area contributed by atoms with Gasteiger partial charge in [0.1, 0.15) is 0 Å². The van der Waals surface area contributed by atoms with Crippen molar-refractivity contribution in [3.63, 3.8) is 0 Å². The summed E-state index contributed by atoms with van der Waals surface area (Å²) in [7, 11) is 0. The Morgan fingerprint density at radius 1 is 1.10 bits per heavy atom. The van der Waals surface area contributed by atoms with Gasteiger partial charge in [-0.1, -0.05) is 29.8 Å². The van der Waals surface area contributed by atoms with Crippen molar-refractivity contribution in [3.8, 4) is 0 Å². The molecule has 3 nitrogen and oxygen atoms in total. The minimum Gasteiger partial charge on any atom is -0.324 e. The highest BCUT2D eigenvalue weighted by atomic mass is 16.1. The number of hydrogen-bond acceptors (Lipinski definition) is 2. The zero-order chi connectivity index (χ0) is 14.7. The van der Waals surface area contributed by atoms with Crippen LogP contribution in [0.25, 0.3) is 0 Å². The van der Waals surface area contributed by atoms with E-state index in [1.165, 1.54) is 0 Å². The number of rotatable bonds is 3. The molecule has 0 spiro atoms. The van der Waals surface area contributed by atoms with Crippen LogP contribution in [0.1, 0.15) is 40.0 Å². The molecule has 3 N–H and O–H groups in total. The molecule has 1 atom stereocenters. The minimum absolute atomic E-state index is 0.000838. The summed E-state index contributed by atoms with van der Waals surface area (Å²) in [5.41, 5.74) is 10.5. The molecule has 3 heteroatoms. The Balaban J connectivity index is 2.15. The van der Waals surface area contributed by atoms with E-state index in [0.29, 0.717) is 5.56 Å². The summed E-state index contributed by atoms with van der Waals surface area (Å²) in [4.78, 5) is 12.2. The number of anilines is 1. The summed E-state index contributed by atoms with van der Waals surface area (Å²) < 4.78 is 0. The second-order valence-electron chi connectivity index (χ2n) is 5.18. The first kappa shape index (κ1) is 14.3. The lowest BCUT2D eigenvalue weighted by molar-refractivity contribution is 0.102. The summed E-state index contributed by atoms with van der Waals surface area (Å²) in [6, 6.07) is 13.4. The summed E-state index contributed by atoms with van der Waals surface area (Å²) in [6.45, 7) is 5.89. The van der Waals surface area contributed by atoms with Gasteiger partial charge in [-0.3, -0.25) is 4.79 Å². The number of amides is 1. The van der Waals surface area contributed by atoms with Crippen molar-refractivity contribution in [1.29, 1.82) is 0 Å². The highest BCUT2D eigenvalue weighted by Gasteiger charge is 2.09. The molecule has 104 valence electrons. The van der Waals surface area contributed by atoms with E-state index >= 15 is 0 Å². The van der Waals surface area contributed by atoms with Crippen molar-refractivity contribution < 1.29 is 4.79 Å². The molecule has 2 aromatic rings. The highest BCUT2D eigenvalue weighted by molar-refractivity contribution is 6.05. The molecule has 0 aliphatic heterocycles. The van der Waals surface area contributed by atoms with Crippen molar-refractivity contribution in [2.24, 2.45) is 5.73 Å². The van der Waals surface area contributed by atoms with Crippen LogP contribution in [0.4, 0.5) is 5.69 Å². The maximum Gasteiger partial charge on any atom is 0.255 e. The van der Waals surface area contributed by atoms with E-state index in [0.717, 1.165) is 22.4 Å².